The molecule has 2 atom stereocenters. The third-order valence-electron chi connectivity index (χ3n) is 6.13. The lowest BCUT2D eigenvalue weighted by molar-refractivity contribution is -0.146. The molecule has 2 heterocycles. The summed E-state index contributed by atoms with van der Waals surface area (Å²) in [4.78, 5) is 25.4. The van der Waals surface area contributed by atoms with Gasteiger partial charge in [-0.05, 0) is 63.9 Å². The molecule has 3 rings (SSSR count). The first-order valence-electron chi connectivity index (χ1n) is 10.6. The molecule has 174 valence electrons. The Morgan fingerprint density at radius 2 is 1.81 bits per heavy atom. The highest BCUT2D eigenvalue weighted by Gasteiger charge is 2.44. The van der Waals surface area contributed by atoms with E-state index in [1.54, 1.807) is 25.1 Å². The Labute approximate surface area is 188 Å². The highest BCUT2D eigenvalue weighted by Crippen LogP contribution is 2.28. The van der Waals surface area contributed by atoms with Crippen LogP contribution in [0.1, 0.15) is 46.2 Å². The van der Waals surface area contributed by atoms with Crippen LogP contribution in [-0.4, -0.2) is 59.4 Å². The van der Waals surface area contributed by atoms with Crippen molar-refractivity contribution in [2.75, 3.05) is 13.2 Å². The number of β-amino-alcohol motifs (C(OH)–C–C–N with tert-alkyl or cyclic N) is 1. The number of rotatable bonds is 7. The molecule has 0 amide bonds. The average molecular weight is 463 g/mol. The highest BCUT2D eigenvalue weighted by atomic mass is 32.2. The van der Waals surface area contributed by atoms with Crippen molar-refractivity contribution in [2.45, 2.75) is 64.6 Å². The second kappa shape index (κ2) is 9.17. The Hall–Kier alpha value is -2.49. The van der Waals surface area contributed by atoms with Crippen molar-refractivity contribution in [1.82, 2.24) is 8.87 Å². The lowest BCUT2D eigenvalue weighted by atomic mass is 10.1. The summed E-state index contributed by atoms with van der Waals surface area (Å²) in [5.41, 5.74) is 3.95. The molecule has 9 heteroatoms. The van der Waals surface area contributed by atoms with E-state index in [0.717, 1.165) is 33.4 Å². The van der Waals surface area contributed by atoms with E-state index < -0.39 is 34.7 Å². The first-order valence-corrected chi connectivity index (χ1v) is 12.0. The van der Waals surface area contributed by atoms with Crippen LogP contribution in [0.4, 0.5) is 0 Å². The van der Waals surface area contributed by atoms with Gasteiger partial charge in [-0.2, -0.15) is 4.31 Å². The van der Waals surface area contributed by atoms with Gasteiger partial charge < -0.3 is 14.4 Å². The fourth-order valence-electron chi connectivity index (χ4n) is 4.15. The van der Waals surface area contributed by atoms with E-state index in [4.69, 9.17) is 4.74 Å². The first kappa shape index (κ1) is 24.2. The van der Waals surface area contributed by atoms with Gasteiger partial charge in [-0.3, -0.25) is 9.59 Å². The van der Waals surface area contributed by atoms with Crippen molar-refractivity contribution >= 4 is 21.8 Å². The molecular formula is C23H30N2O6S. The Morgan fingerprint density at radius 1 is 1.12 bits per heavy atom. The van der Waals surface area contributed by atoms with Crippen LogP contribution in [-0.2, 0) is 26.1 Å². The molecule has 1 saturated heterocycles. The number of nitrogens with zero attached hydrogens (tertiary/aromatic N) is 2. The summed E-state index contributed by atoms with van der Waals surface area (Å²) in [6.45, 7) is 9.41. The van der Waals surface area contributed by atoms with Crippen molar-refractivity contribution in [3.05, 3.63) is 52.3 Å². The van der Waals surface area contributed by atoms with Gasteiger partial charge in [0.15, 0.2) is 6.61 Å². The maximum Gasteiger partial charge on any atom is 0.325 e. The van der Waals surface area contributed by atoms with E-state index in [-0.39, 0.29) is 23.6 Å². The number of hydrogen-bond donors (Lipinski definition) is 1. The molecule has 1 fully saturated rings. The Morgan fingerprint density at radius 3 is 2.41 bits per heavy atom. The van der Waals surface area contributed by atoms with Crippen LogP contribution < -0.4 is 0 Å². The van der Waals surface area contributed by atoms with E-state index in [9.17, 15) is 23.1 Å². The molecule has 2 aromatic rings. The predicted molar refractivity (Wildman–Crippen MR) is 119 cm³/mol. The number of benzene rings is 1. The van der Waals surface area contributed by atoms with E-state index in [1.807, 2.05) is 32.3 Å². The number of ketones is 1. The van der Waals surface area contributed by atoms with Crippen LogP contribution >= 0.6 is 0 Å². The molecule has 0 spiro atoms. The van der Waals surface area contributed by atoms with Crippen molar-refractivity contribution < 1.29 is 27.9 Å². The van der Waals surface area contributed by atoms with Gasteiger partial charge in [0.2, 0.25) is 15.8 Å². The monoisotopic (exact) mass is 462 g/mol. The number of esters is 1. The normalized spacial score (nSPS) is 19.3. The van der Waals surface area contributed by atoms with E-state index in [0.29, 0.717) is 5.56 Å². The first-order chi connectivity index (χ1) is 15.0. The van der Waals surface area contributed by atoms with Gasteiger partial charge in [0.1, 0.15) is 6.04 Å². The number of aliphatic hydroxyl groups excluding tert-OH is 1. The number of Topliss-reactive ketones (excluding diaryl/α,β-unsaturated/α-hetero) is 1. The molecule has 0 aliphatic carbocycles. The summed E-state index contributed by atoms with van der Waals surface area (Å²) in [5, 5.41) is 10.1. The smallest absolute Gasteiger partial charge is 0.325 e. The topological polar surface area (TPSA) is 106 Å². The molecule has 0 bridgehead atoms. The van der Waals surface area contributed by atoms with Crippen LogP contribution in [0.2, 0.25) is 0 Å². The second-order valence-electron chi connectivity index (χ2n) is 8.29. The molecular weight excluding hydrogens is 432 g/mol. The fraction of sp³-hybridized carbons (Fsp3) is 0.478. The third-order valence-corrected chi connectivity index (χ3v) is 8.00. The maximum absolute atomic E-state index is 13.2. The molecule has 1 aliphatic rings. The van der Waals surface area contributed by atoms with Crippen molar-refractivity contribution in [2.24, 2.45) is 0 Å². The van der Waals surface area contributed by atoms with E-state index >= 15 is 0 Å². The zero-order valence-corrected chi connectivity index (χ0v) is 19.9. The minimum absolute atomic E-state index is 0.0515. The number of carbonyl (C=O) groups is 2. The van der Waals surface area contributed by atoms with Crippen LogP contribution in [0.5, 0.6) is 0 Å². The van der Waals surface area contributed by atoms with Crippen molar-refractivity contribution in [3.63, 3.8) is 0 Å². The maximum atomic E-state index is 13.2. The number of ether oxygens (including phenoxy) is 1. The van der Waals surface area contributed by atoms with Crippen molar-refractivity contribution in [1.29, 1.82) is 0 Å². The minimum atomic E-state index is -4.02. The molecule has 0 saturated carbocycles. The SMILES string of the molecule is CCn1c(C)cc(C(=O)COC(=O)C2CC(O)CN2S(=O)(=O)c2ccc(C)c(C)c2)c1C. The number of aromatic nitrogens is 1. The van der Waals surface area contributed by atoms with Crippen LogP contribution in [0.15, 0.2) is 29.2 Å². The van der Waals surface area contributed by atoms with E-state index in [2.05, 4.69) is 0 Å². The standard InChI is InChI=1S/C23H30N2O6S/c1-6-24-16(4)10-20(17(24)5)22(27)13-31-23(28)21-11-18(26)12-25(21)32(29,30)19-8-7-14(2)15(3)9-19/h7-10,18,21,26H,6,11-13H2,1-5H3. The quantitative estimate of drug-likeness (QED) is 0.500. The van der Waals surface area contributed by atoms with Gasteiger partial charge in [-0.25, -0.2) is 8.42 Å². The third kappa shape index (κ3) is 4.51. The van der Waals surface area contributed by atoms with Gasteiger partial charge in [-0.1, -0.05) is 6.07 Å². The summed E-state index contributed by atoms with van der Waals surface area (Å²) >= 11 is 0. The molecule has 1 N–H and O–H groups in total. The minimum Gasteiger partial charge on any atom is -0.456 e. The van der Waals surface area contributed by atoms with Gasteiger partial charge in [0.05, 0.1) is 11.0 Å². The van der Waals surface area contributed by atoms with Crippen molar-refractivity contribution in [3.8, 4) is 0 Å². The lowest BCUT2D eigenvalue weighted by Gasteiger charge is -2.22. The number of aliphatic hydroxyl groups is 1. The lowest BCUT2D eigenvalue weighted by Crippen LogP contribution is -2.42. The highest BCUT2D eigenvalue weighted by molar-refractivity contribution is 7.89. The van der Waals surface area contributed by atoms with Gasteiger partial charge >= 0.3 is 5.97 Å². The molecule has 1 aromatic heterocycles. The Balaban J connectivity index is 1.76. The number of carbonyl (C=O) groups excluding carboxylic acids is 2. The van der Waals surface area contributed by atoms with Gasteiger partial charge in [-0.15, -0.1) is 0 Å². The summed E-state index contributed by atoms with van der Waals surface area (Å²) in [6, 6.07) is 5.30. The zero-order chi connectivity index (χ0) is 23.8. The Kier molecular flexibility index (Phi) is 6.92. The zero-order valence-electron chi connectivity index (χ0n) is 19.1. The van der Waals surface area contributed by atoms with Gasteiger partial charge in [0, 0.05) is 36.5 Å². The van der Waals surface area contributed by atoms with E-state index in [1.165, 1.54) is 6.07 Å². The second-order valence-corrected chi connectivity index (χ2v) is 10.2. The Bertz CT molecular complexity index is 1150. The molecule has 0 radical (unpaired) electrons. The number of sulfonamides is 1. The summed E-state index contributed by atoms with van der Waals surface area (Å²) in [6.07, 6.45) is -1.07. The molecule has 8 nitrogen and oxygen atoms in total. The fourth-order valence-corrected chi connectivity index (χ4v) is 5.87. The molecule has 1 aromatic carbocycles. The number of hydrogen-bond acceptors (Lipinski definition) is 6. The molecule has 1 aliphatic heterocycles. The molecule has 2 unspecified atom stereocenters. The largest absolute Gasteiger partial charge is 0.456 e. The number of aryl methyl sites for hydroxylation is 3. The summed E-state index contributed by atoms with van der Waals surface area (Å²) < 4.78 is 34.5. The molecule has 32 heavy (non-hydrogen) atoms. The summed E-state index contributed by atoms with van der Waals surface area (Å²) in [5.74, 6) is -1.19. The summed E-state index contributed by atoms with van der Waals surface area (Å²) in [7, 11) is -4.02. The average Bonchev–Trinajstić information content (AvgIpc) is 3.27. The van der Waals surface area contributed by atoms with Crippen LogP contribution in [0.25, 0.3) is 0 Å². The van der Waals surface area contributed by atoms with Gasteiger partial charge in [0.25, 0.3) is 0 Å². The van der Waals surface area contributed by atoms with Crippen LogP contribution in [0.3, 0.4) is 0 Å². The predicted octanol–water partition coefficient (Wildman–Crippen LogP) is 2.29. The van der Waals surface area contributed by atoms with Crippen LogP contribution in [0, 0.1) is 27.7 Å².